The second-order valence-corrected chi connectivity index (χ2v) is 3.30. The highest BCUT2D eigenvalue weighted by Crippen LogP contribution is 2.05. The largest absolute Gasteiger partial charge is 0.456 e. The number of rotatable bonds is 3. The molecule has 6 nitrogen and oxygen atoms in total. The van der Waals surface area contributed by atoms with E-state index in [0.29, 0.717) is 12.1 Å². The molecule has 16 heavy (non-hydrogen) atoms. The predicted molar refractivity (Wildman–Crippen MR) is 55.6 cm³/mol. The molecule has 0 unspecified atom stereocenters. The molecule has 0 radical (unpaired) electrons. The Morgan fingerprint density at radius 3 is 2.81 bits per heavy atom. The van der Waals surface area contributed by atoms with Gasteiger partial charge in [-0.25, -0.2) is 4.99 Å². The van der Waals surface area contributed by atoms with Crippen molar-refractivity contribution in [1.82, 2.24) is 5.32 Å². The molecule has 1 N–H and O–H groups in total. The minimum Gasteiger partial charge on any atom is -0.456 e. The van der Waals surface area contributed by atoms with E-state index in [1.165, 1.54) is 6.92 Å². The Morgan fingerprint density at radius 2 is 2.25 bits per heavy atom. The topological polar surface area (TPSA) is 84.8 Å². The van der Waals surface area contributed by atoms with Gasteiger partial charge in [-0.15, -0.1) is 0 Å². The van der Waals surface area contributed by atoms with Crippen molar-refractivity contribution in [3.8, 4) is 0 Å². The normalized spacial score (nSPS) is 15.0. The van der Waals surface area contributed by atoms with Crippen LogP contribution in [0.3, 0.4) is 0 Å². The van der Waals surface area contributed by atoms with Gasteiger partial charge in [0, 0.05) is 19.1 Å². The van der Waals surface area contributed by atoms with Crippen molar-refractivity contribution in [2.24, 2.45) is 4.99 Å². The highest BCUT2D eigenvalue weighted by atomic mass is 16.5. The molecule has 0 atom stereocenters. The van der Waals surface area contributed by atoms with E-state index in [1.54, 1.807) is 13.0 Å². The van der Waals surface area contributed by atoms with Crippen LogP contribution in [0.25, 0.3) is 0 Å². The quantitative estimate of drug-likeness (QED) is 0.680. The van der Waals surface area contributed by atoms with Crippen molar-refractivity contribution in [3.05, 3.63) is 11.8 Å². The number of nitrogens with one attached hydrogen (secondary N) is 1. The number of amides is 2. The van der Waals surface area contributed by atoms with E-state index in [4.69, 9.17) is 0 Å². The maximum Gasteiger partial charge on any atom is 0.303 e. The Morgan fingerprint density at radius 1 is 1.56 bits per heavy atom. The van der Waals surface area contributed by atoms with Crippen LogP contribution in [0.5, 0.6) is 0 Å². The Balaban J connectivity index is 2.46. The number of dihydropyridines is 1. The third-order valence-corrected chi connectivity index (χ3v) is 1.81. The van der Waals surface area contributed by atoms with Gasteiger partial charge in [-0.3, -0.25) is 14.4 Å². The van der Waals surface area contributed by atoms with Gasteiger partial charge in [-0.1, -0.05) is 0 Å². The van der Waals surface area contributed by atoms with Crippen LogP contribution in [0.1, 0.15) is 20.3 Å². The molecule has 0 aliphatic carbocycles. The lowest BCUT2D eigenvalue weighted by Gasteiger charge is -2.10. The van der Waals surface area contributed by atoms with Crippen molar-refractivity contribution in [2.75, 3.05) is 6.61 Å². The number of carbonyl (C=O) groups is 3. The van der Waals surface area contributed by atoms with E-state index >= 15 is 0 Å². The summed E-state index contributed by atoms with van der Waals surface area (Å²) in [6, 6.07) is 0. The Bertz CT molecular complexity index is 396. The molecule has 1 rings (SSSR count). The average molecular weight is 224 g/mol. The van der Waals surface area contributed by atoms with Crippen molar-refractivity contribution in [3.63, 3.8) is 0 Å². The highest BCUT2D eigenvalue weighted by molar-refractivity contribution is 6.07. The van der Waals surface area contributed by atoms with E-state index in [2.05, 4.69) is 15.0 Å². The highest BCUT2D eigenvalue weighted by Gasteiger charge is 2.16. The third kappa shape index (κ3) is 3.64. The molecule has 0 aromatic heterocycles. The number of carbonyl (C=O) groups excluding carboxylic acids is 3. The van der Waals surface area contributed by atoms with Gasteiger partial charge in [0.25, 0.3) is 11.8 Å². The Labute approximate surface area is 92.4 Å². The van der Waals surface area contributed by atoms with Crippen molar-refractivity contribution in [1.29, 1.82) is 0 Å². The molecule has 0 aromatic rings. The minimum absolute atomic E-state index is 0.128. The van der Waals surface area contributed by atoms with Crippen molar-refractivity contribution >= 4 is 23.5 Å². The number of esters is 1. The smallest absolute Gasteiger partial charge is 0.303 e. The van der Waals surface area contributed by atoms with Gasteiger partial charge in [-0.2, -0.15) is 0 Å². The van der Waals surface area contributed by atoms with Crippen LogP contribution in [0.4, 0.5) is 0 Å². The first-order valence-electron chi connectivity index (χ1n) is 4.71. The van der Waals surface area contributed by atoms with Crippen LogP contribution in [-0.4, -0.2) is 30.1 Å². The van der Waals surface area contributed by atoms with E-state index < -0.39 is 24.4 Å². The van der Waals surface area contributed by atoms with Gasteiger partial charge in [0.15, 0.2) is 6.61 Å². The molecule has 86 valence electrons. The van der Waals surface area contributed by atoms with Crippen molar-refractivity contribution < 1.29 is 19.1 Å². The Hall–Kier alpha value is -1.98. The fraction of sp³-hybridized carbons (Fsp3) is 0.400. The molecule has 6 heteroatoms. The molecule has 1 heterocycles. The third-order valence-electron chi connectivity index (χ3n) is 1.81. The van der Waals surface area contributed by atoms with Crippen LogP contribution in [-0.2, 0) is 19.1 Å². The van der Waals surface area contributed by atoms with E-state index in [0.717, 1.165) is 0 Å². The number of nitrogens with zero attached hydrogens (tertiary/aromatic N) is 1. The molecule has 0 saturated heterocycles. The molecule has 1 aliphatic heterocycles. The molecule has 0 saturated carbocycles. The average Bonchev–Trinajstić information content (AvgIpc) is 2.19. The second-order valence-electron chi connectivity index (χ2n) is 3.30. The maximum atomic E-state index is 11.3. The molecule has 0 spiro atoms. The molecular weight excluding hydrogens is 212 g/mol. The number of hydrogen-bond acceptors (Lipinski definition) is 4. The summed E-state index contributed by atoms with van der Waals surface area (Å²) in [5.74, 6) is -1.59. The maximum absolute atomic E-state index is 11.3. The summed E-state index contributed by atoms with van der Waals surface area (Å²) in [6.07, 6.45) is 2.10. The molecule has 1 aliphatic rings. The number of hydrogen-bond donors (Lipinski definition) is 1. The summed E-state index contributed by atoms with van der Waals surface area (Å²) in [6.45, 7) is 2.53. The van der Waals surface area contributed by atoms with Crippen molar-refractivity contribution in [2.45, 2.75) is 20.3 Å². The number of allylic oxidation sites excluding steroid dienone is 1. The molecular formula is C10H12N2O4. The summed E-state index contributed by atoms with van der Waals surface area (Å²) in [5, 5.41) is 2.33. The Kier molecular flexibility index (Phi) is 3.93. The van der Waals surface area contributed by atoms with E-state index in [9.17, 15) is 14.4 Å². The van der Waals surface area contributed by atoms with Crippen LogP contribution in [0.2, 0.25) is 0 Å². The lowest BCUT2D eigenvalue weighted by molar-refractivity contribution is -0.146. The van der Waals surface area contributed by atoms with E-state index in [-0.39, 0.29) is 5.70 Å². The lowest BCUT2D eigenvalue weighted by atomic mass is 10.2. The van der Waals surface area contributed by atoms with Gasteiger partial charge in [0.05, 0.1) is 0 Å². The zero-order chi connectivity index (χ0) is 12.1. The zero-order valence-corrected chi connectivity index (χ0v) is 9.07. The molecule has 2 amide bonds. The molecule has 0 fully saturated rings. The summed E-state index contributed by atoms with van der Waals surface area (Å²) in [5.41, 5.74) is 0.825. The number of ether oxygens (including phenoxy) is 1. The predicted octanol–water partition coefficient (Wildman–Crippen LogP) is -0.0592. The summed E-state index contributed by atoms with van der Waals surface area (Å²) in [4.78, 5) is 36.7. The van der Waals surface area contributed by atoms with Gasteiger partial charge in [0.1, 0.15) is 5.70 Å². The molecule has 0 aromatic carbocycles. The lowest BCUT2D eigenvalue weighted by Crippen LogP contribution is -2.32. The SMILES string of the molecule is CC(=O)OCC(=O)NC1=CCC(C)=NC1=O. The summed E-state index contributed by atoms with van der Waals surface area (Å²) >= 11 is 0. The van der Waals surface area contributed by atoms with Gasteiger partial charge in [0.2, 0.25) is 0 Å². The van der Waals surface area contributed by atoms with Crippen LogP contribution in [0.15, 0.2) is 16.8 Å². The first-order chi connectivity index (χ1) is 7.49. The summed E-state index contributed by atoms with van der Waals surface area (Å²) in [7, 11) is 0. The monoisotopic (exact) mass is 224 g/mol. The summed E-state index contributed by atoms with van der Waals surface area (Å²) < 4.78 is 4.48. The van der Waals surface area contributed by atoms with E-state index in [1.807, 2.05) is 0 Å². The first kappa shape index (κ1) is 12.1. The minimum atomic E-state index is -0.551. The zero-order valence-electron chi connectivity index (χ0n) is 9.07. The van der Waals surface area contributed by atoms with Gasteiger partial charge < -0.3 is 10.1 Å². The number of aliphatic imine (C=N–C) groups is 1. The first-order valence-corrected chi connectivity index (χ1v) is 4.71. The fourth-order valence-corrected chi connectivity index (χ4v) is 1.07. The van der Waals surface area contributed by atoms with Gasteiger partial charge >= 0.3 is 5.97 Å². The second kappa shape index (κ2) is 5.20. The fourth-order valence-electron chi connectivity index (χ4n) is 1.07. The van der Waals surface area contributed by atoms with Gasteiger partial charge in [-0.05, 0) is 13.0 Å². The van der Waals surface area contributed by atoms with Crippen LogP contribution >= 0.6 is 0 Å². The standard InChI is InChI=1S/C10H12N2O4/c1-6-3-4-8(10(15)11-6)12-9(14)5-16-7(2)13/h4H,3,5H2,1-2H3,(H,12,14). The van der Waals surface area contributed by atoms with Crippen LogP contribution < -0.4 is 5.32 Å². The van der Waals surface area contributed by atoms with Crippen LogP contribution in [0, 0.1) is 0 Å². The molecule has 0 bridgehead atoms.